The molecule has 4 aromatic heterocycles. The summed E-state index contributed by atoms with van der Waals surface area (Å²) in [7, 11) is 0. The Morgan fingerprint density at radius 3 is 1.65 bits per heavy atom. The van der Waals surface area contributed by atoms with E-state index in [1.54, 1.807) is 0 Å². The molecule has 0 spiro atoms. The summed E-state index contributed by atoms with van der Waals surface area (Å²) in [6.45, 7) is 0. The Morgan fingerprint density at radius 1 is 0.373 bits per heavy atom. The van der Waals surface area contributed by atoms with Gasteiger partial charge in [0.15, 0.2) is 5.82 Å². The minimum Gasteiger partial charge on any atom is -0.456 e. The van der Waals surface area contributed by atoms with E-state index < -0.39 is 0 Å². The molecule has 0 fully saturated rings. The van der Waals surface area contributed by atoms with E-state index in [2.05, 4.69) is 155 Å². The number of furan rings is 1. The minimum absolute atomic E-state index is 0.685. The Balaban J connectivity index is 1.21. The molecule has 51 heavy (non-hydrogen) atoms. The van der Waals surface area contributed by atoms with Crippen LogP contribution in [0.2, 0.25) is 0 Å². The third-order valence-corrected chi connectivity index (χ3v) is 10.1. The summed E-state index contributed by atoms with van der Waals surface area (Å²) in [5.74, 6) is 1.50. The van der Waals surface area contributed by atoms with Crippen molar-refractivity contribution in [3.8, 4) is 34.2 Å². The molecule has 0 aliphatic rings. The second kappa shape index (κ2) is 10.8. The lowest BCUT2D eigenvalue weighted by Crippen LogP contribution is -2.02. The summed E-state index contributed by atoms with van der Waals surface area (Å²) in [5, 5.41) is 6.82. The van der Waals surface area contributed by atoms with Gasteiger partial charge < -0.3 is 8.98 Å². The van der Waals surface area contributed by atoms with Crippen LogP contribution in [0.5, 0.6) is 0 Å². The lowest BCUT2D eigenvalue weighted by Gasteiger charge is -2.12. The summed E-state index contributed by atoms with van der Waals surface area (Å²) in [6, 6.07) is 59.4. The van der Waals surface area contributed by atoms with Gasteiger partial charge in [0.2, 0.25) is 0 Å². The highest BCUT2D eigenvalue weighted by molar-refractivity contribution is 6.21. The lowest BCUT2D eigenvalue weighted by molar-refractivity contribution is 0.670. The van der Waals surface area contributed by atoms with Crippen LogP contribution in [0.1, 0.15) is 0 Å². The van der Waals surface area contributed by atoms with E-state index in [9.17, 15) is 0 Å². The van der Waals surface area contributed by atoms with Crippen molar-refractivity contribution in [2.75, 3.05) is 0 Å². The molecule has 0 saturated carbocycles. The SMILES string of the molecule is c1ccc(-c2cc(-n3c4ccccc4c4cc5oc6cc7c(cc6c5cc43)c3ccccc3n7-c3ccccc3)nc(-c3ccccc3)n2)cc1. The molecule has 0 bridgehead atoms. The zero-order valence-electron chi connectivity index (χ0n) is 27.4. The number of hydrogen-bond donors (Lipinski definition) is 0. The zero-order chi connectivity index (χ0) is 33.5. The maximum absolute atomic E-state index is 6.73. The van der Waals surface area contributed by atoms with Crippen LogP contribution in [-0.2, 0) is 0 Å². The van der Waals surface area contributed by atoms with Gasteiger partial charge in [0.25, 0.3) is 0 Å². The van der Waals surface area contributed by atoms with E-state index in [1.165, 1.54) is 16.3 Å². The molecule has 11 aromatic rings. The van der Waals surface area contributed by atoms with E-state index in [0.717, 1.165) is 77.6 Å². The first-order valence-electron chi connectivity index (χ1n) is 17.2. The average Bonchev–Trinajstić information content (AvgIpc) is 3.83. The molecular formula is C46H28N4O. The smallest absolute Gasteiger partial charge is 0.162 e. The van der Waals surface area contributed by atoms with E-state index in [1.807, 2.05) is 24.3 Å². The molecule has 0 aliphatic carbocycles. The Morgan fingerprint density at radius 2 is 0.922 bits per heavy atom. The van der Waals surface area contributed by atoms with Crippen molar-refractivity contribution in [3.05, 3.63) is 170 Å². The van der Waals surface area contributed by atoms with Crippen molar-refractivity contribution in [3.63, 3.8) is 0 Å². The second-order valence-electron chi connectivity index (χ2n) is 13.0. The molecule has 0 atom stereocenters. The molecule has 4 heterocycles. The summed E-state index contributed by atoms with van der Waals surface area (Å²) < 4.78 is 11.3. The van der Waals surface area contributed by atoms with Crippen molar-refractivity contribution in [1.82, 2.24) is 19.1 Å². The van der Waals surface area contributed by atoms with Crippen molar-refractivity contribution < 1.29 is 4.42 Å². The van der Waals surface area contributed by atoms with E-state index in [4.69, 9.17) is 14.4 Å². The normalized spacial score (nSPS) is 11.9. The number of benzene rings is 7. The fraction of sp³-hybridized carbons (Fsp3) is 0. The number of aromatic nitrogens is 4. The van der Waals surface area contributed by atoms with Gasteiger partial charge in [-0.15, -0.1) is 0 Å². The molecule has 238 valence electrons. The van der Waals surface area contributed by atoms with Crippen LogP contribution in [-0.4, -0.2) is 19.1 Å². The van der Waals surface area contributed by atoms with Crippen LogP contribution in [0, 0.1) is 0 Å². The Labute approximate surface area is 292 Å². The highest BCUT2D eigenvalue weighted by Crippen LogP contribution is 2.42. The van der Waals surface area contributed by atoms with Gasteiger partial charge in [0.1, 0.15) is 17.0 Å². The summed E-state index contributed by atoms with van der Waals surface area (Å²) >= 11 is 0. The second-order valence-corrected chi connectivity index (χ2v) is 13.0. The largest absolute Gasteiger partial charge is 0.456 e. The summed E-state index contributed by atoms with van der Waals surface area (Å²) in [5.41, 5.74) is 10.2. The van der Waals surface area contributed by atoms with Gasteiger partial charge in [0.05, 0.1) is 27.8 Å². The van der Waals surface area contributed by atoms with Gasteiger partial charge in [-0.2, -0.15) is 0 Å². The van der Waals surface area contributed by atoms with Gasteiger partial charge in [-0.1, -0.05) is 115 Å². The van der Waals surface area contributed by atoms with Crippen molar-refractivity contribution in [2.45, 2.75) is 0 Å². The minimum atomic E-state index is 0.685. The fourth-order valence-corrected chi connectivity index (χ4v) is 7.82. The van der Waals surface area contributed by atoms with E-state index >= 15 is 0 Å². The predicted molar refractivity (Wildman–Crippen MR) is 209 cm³/mol. The fourth-order valence-electron chi connectivity index (χ4n) is 7.82. The monoisotopic (exact) mass is 652 g/mol. The first-order valence-corrected chi connectivity index (χ1v) is 17.2. The number of hydrogen-bond acceptors (Lipinski definition) is 3. The van der Waals surface area contributed by atoms with Crippen LogP contribution >= 0.6 is 0 Å². The number of rotatable bonds is 4. The predicted octanol–water partition coefficient (Wildman–Crippen LogP) is 11.9. The molecule has 0 unspecified atom stereocenters. The highest BCUT2D eigenvalue weighted by Gasteiger charge is 2.21. The maximum Gasteiger partial charge on any atom is 0.162 e. The third kappa shape index (κ3) is 4.22. The maximum atomic E-state index is 6.73. The van der Waals surface area contributed by atoms with Gasteiger partial charge in [-0.05, 0) is 42.5 Å². The molecule has 0 amide bonds. The van der Waals surface area contributed by atoms with Gasteiger partial charge >= 0.3 is 0 Å². The van der Waals surface area contributed by atoms with E-state index in [-0.39, 0.29) is 0 Å². The van der Waals surface area contributed by atoms with Crippen LogP contribution < -0.4 is 0 Å². The Bertz CT molecular complexity index is 3060. The van der Waals surface area contributed by atoms with Gasteiger partial charge in [-0.3, -0.25) is 4.57 Å². The van der Waals surface area contributed by atoms with Crippen LogP contribution in [0.3, 0.4) is 0 Å². The van der Waals surface area contributed by atoms with Crippen LogP contribution in [0.15, 0.2) is 174 Å². The average molecular weight is 653 g/mol. The van der Waals surface area contributed by atoms with Crippen LogP contribution in [0.25, 0.3) is 99.7 Å². The van der Waals surface area contributed by atoms with Crippen LogP contribution in [0.4, 0.5) is 0 Å². The molecule has 7 aromatic carbocycles. The molecule has 0 radical (unpaired) electrons. The summed E-state index contributed by atoms with van der Waals surface area (Å²) in [6.07, 6.45) is 0. The topological polar surface area (TPSA) is 48.8 Å². The third-order valence-electron chi connectivity index (χ3n) is 10.1. The highest BCUT2D eigenvalue weighted by atomic mass is 16.3. The quantitative estimate of drug-likeness (QED) is 0.190. The molecular weight excluding hydrogens is 625 g/mol. The number of fused-ring (bicyclic) bond motifs is 9. The first-order chi connectivity index (χ1) is 25.3. The van der Waals surface area contributed by atoms with E-state index in [0.29, 0.717) is 5.82 Å². The molecule has 5 heteroatoms. The zero-order valence-corrected chi connectivity index (χ0v) is 27.4. The molecule has 0 N–H and O–H groups in total. The lowest BCUT2D eigenvalue weighted by atomic mass is 10.1. The van der Waals surface area contributed by atoms with Crippen molar-refractivity contribution >= 4 is 65.6 Å². The van der Waals surface area contributed by atoms with Crippen molar-refractivity contribution in [1.29, 1.82) is 0 Å². The molecule has 11 rings (SSSR count). The Hall–Kier alpha value is -6.98. The molecule has 0 aliphatic heterocycles. The van der Waals surface area contributed by atoms with Gasteiger partial charge in [0, 0.05) is 61.3 Å². The molecule has 0 saturated heterocycles. The standard InChI is InChI=1S/C46H28N4O/c1-4-14-29(15-5-1)38-27-45(48-46(47-38)30-16-6-2-7-17-30)50-40-23-13-11-21-33(40)35-26-43-37(25-41(35)50)36-24-34-32-20-10-12-22-39(32)49(31-18-8-3-9-19-31)42(34)28-44(36)51-43/h1-28H. The summed E-state index contributed by atoms with van der Waals surface area (Å²) in [4.78, 5) is 10.3. The first kappa shape index (κ1) is 27.9. The Kier molecular flexibility index (Phi) is 5.89. The number of nitrogens with zero attached hydrogens (tertiary/aromatic N) is 4. The molecule has 5 nitrogen and oxygen atoms in total. The van der Waals surface area contributed by atoms with Crippen molar-refractivity contribution in [2.24, 2.45) is 0 Å². The number of para-hydroxylation sites is 3. The van der Waals surface area contributed by atoms with Gasteiger partial charge in [-0.25, -0.2) is 9.97 Å².